The molecule has 0 aliphatic heterocycles. The van der Waals surface area contributed by atoms with Gasteiger partial charge in [0.2, 0.25) is 0 Å². The Balaban J connectivity index is 1.69. The third-order valence-corrected chi connectivity index (χ3v) is 4.67. The molecule has 1 saturated carbocycles. The molecule has 0 spiro atoms. The predicted octanol–water partition coefficient (Wildman–Crippen LogP) is 1.97. The van der Waals surface area contributed by atoms with E-state index in [1.165, 1.54) is 31.2 Å². The van der Waals surface area contributed by atoms with Crippen molar-refractivity contribution in [3.63, 3.8) is 0 Å². The maximum Gasteiger partial charge on any atom is 0.0522 e. The first kappa shape index (κ1) is 12.0. The zero-order chi connectivity index (χ0) is 11.4. The van der Waals surface area contributed by atoms with Crippen LogP contribution in [-0.4, -0.2) is 26.8 Å². The number of hydrogen-bond donors (Lipinski definition) is 1. The van der Waals surface area contributed by atoms with E-state index in [9.17, 15) is 0 Å². The van der Waals surface area contributed by atoms with Crippen LogP contribution in [0.5, 0.6) is 0 Å². The Morgan fingerprint density at radius 1 is 1.56 bits per heavy atom. The summed E-state index contributed by atoms with van der Waals surface area (Å²) in [6.07, 6.45) is 10.5. The van der Waals surface area contributed by atoms with Gasteiger partial charge in [-0.25, -0.2) is 0 Å². The second-order valence-corrected chi connectivity index (χ2v) is 6.06. The fourth-order valence-electron chi connectivity index (χ4n) is 2.25. The van der Waals surface area contributed by atoms with Crippen LogP contribution >= 0.6 is 11.8 Å². The largest absolute Gasteiger partial charge is 0.327 e. The molecule has 0 saturated heterocycles. The van der Waals surface area contributed by atoms with Gasteiger partial charge in [0.25, 0.3) is 0 Å². The summed E-state index contributed by atoms with van der Waals surface area (Å²) in [5.74, 6) is 1.08. The van der Waals surface area contributed by atoms with Gasteiger partial charge in [0.1, 0.15) is 0 Å². The molecule has 0 amide bonds. The van der Waals surface area contributed by atoms with Crippen LogP contribution in [0.4, 0.5) is 0 Å². The summed E-state index contributed by atoms with van der Waals surface area (Å²) in [6, 6.07) is 0.273. The third kappa shape index (κ3) is 3.52. The summed E-state index contributed by atoms with van der Waals surface area (Å²) >= 11 is 2.07. The fraction of sp³-hybridized carbons (Fsp3) is 0.750. The molecule has 1 aromatic heterocycles. The molecule has 1 heterocycles. The number of aromatic nitrogens is 2. The third-order valence-electron chi connectivity index (χ3n) is 3.10. The van der Waals surface area contributed by atoms with E-state index in [1.807, 2.05) is 17.9 Å². The molecule has 4 heteroatoms. The second kappa shape index (κ2) is 5.73. The highest BCUT2D eigenvalue weighted by atomic mass is 32.2. The van der Waals surface area contributed by atoms with Crippen molar-refractivity contribution in [2.45, 2.75) is 43.4 Å². The Kier molecular flexibility index (Phi) is 4.29. The number of hydrogen-bond acceptors (Lipinski definition) is 3. The molecule has 1 aliphatic carbocycles. The molecule has 1 unspecified atom stereocenters. The molecule has 0 aromatic carbocycles. The Labute approximate surface area is 102 Å². The van der Waals surface area contributed by atoms with Crippen LogP contribution in [0, 0.1) is 0 Å². The van der Waals surface area contributed by atoms with Crippen LogP contribution in [-0.2, 0) is 13.5 Å². The van der Waals surface area contributed by atoms with Gasteiger partial charge in [-0.1, -0.05) is 12.8 Å². The average Bonchev–Trinajstić information content (AvgIpc) is 2.87. The number of rotatable bonds is 5. The molecule has 0 radical (unpaired) electrons. The van der Waals surface area contributed by atoms with Crippen LogP contribution in [0.25, 0.3) is 0 Å². The van der Waals surface area contributed by atoms with E-state index in [1.54, 1.807) is 0 Å². The standard InChI is InChI=1S/C12H21N3S/c1-15-8-10(7-14-15)6-11(13)9-16-12-4-2-3-5-12/h7-8,11-12H,2-6,9,13H2,1H3. The van der Waals surface area contributed by atoms with E-state index in [4.69, 9.17) is 5.73 Å². The molecule has 1 aromatic rings. The maximum atomic E-state index is 6.14. The van der Waals surface area contributed by atoms with Gasteiger partial charge in [-0.2, -0.15) is 16.9 Å². The van der Waals surface area contributed by atoms with E-state index in [-0.39, 0.29) is 6.04 Å². The molecule has 1 atom stereocenters. The molecule has 2 N–H and O–H groups in total. The van der Waals surface area contributed by atoms with Gasteiger partial charge < -0.3 is 5.73 Å². The second-order valence-electron chi connectivity index (χ2n) is 4.73. The lowest BCUT2D eigenvalue weighted by Crippen LogP contribution is -2.26. The molecule has 1 fully saturated rings. The highest BCUT2D eigenvalue weighted by molar-refractivity contribution is 7.99. The summed E-state index contributed by atoms with van der Waals surface area (Å²) < 4.78 is 1.84. The van der Waals surface area contributed by atoms with Crippen LogP contribution in [0.2, 0.25) is 0 Å². The summed E-state index contributed by atoms with van der Waals surface area (Å²) in [7, 11) is 1.95. The van der Waals surface area contributed by atoms with Crippen molar-refractivity contribution in [1.29, 1.82) is 0 Å². The number of aryl methyl sites for hydroxylation is 1. The molecule has 3 nitrogen and oxygen atoms in total. The van der Waals surface area contributed by atoms with Gasteiger partial charge in [0.05, 0.1) is 6.20 Å². The molecular formula is C12H21N3S. The van der Waals surface area contributed by atoms with Crippen molar-refractivity contribution >= 4 is 11.8 Å². The number of nitrogens with zero attached hydrogens (tertiary/aromatic N) is 2. The zero-order valence-corrected chi connectivity index (χ0v) is 10.7. The van der Waals surface area contributed by atoms with Crippen LogP contribution in [0.1, 0.15) is 31.2 Å². The van der Waals surface area contributed by atoms with E-state index >= 15 is 0 Å². The lowest BCUT2D eigenvalue weighted by molar-refractivity contribution is 0.739. The highest BCUT2D eigenvalue weighted by Crippen LogP contribution is 2.29. The molecule has 2 rings (SSSR count). The quantitative estimate of drug-likeness (QED) is 0.854. The minimum absolute atomic E-state index is 0.273. The van der Waals surface area contributed by atoms with Crippen LogP contribution < -0.4 is 5.73 Å². The van der Waals surface area contributed by atoms with Crippen molar-refractivity contribution in [1.82, 2.24) is 9.78 Å². The van der Waals surface area contributed by atoms with E-state index in [2.05, 4.69) is 23.1 Å². The van der Waals surface area contributed by atoms with Crippen LogP contribution in [0.3, 0.4) is 0 Å². The van der Waals surface area contributed by atoms with Gasteiger partial charge in [-0.3, -0.25) is 4.68 Å². The minimum Gasteiger partial charge on any atom is -0.327 e. The molecule has 0 bridgehead atoms. The first-order valence-corrected chi connectivity index (χ1v) is 7.13. The van der Waals surface area contributed by atoms with Crippen molar-refractivity contribution in [2.24, 2.45) is 12.8 Å². The Bertz CT molecular complexity index is 318. The predicted molar refractivity (Wildman–Crippen MR) is 69.6 cm³/mol. The lowest BCUT2D eigenvalue weighted by atomic mass is 10.1. The molecular weight excluding hydrogens is 218 g/mol. The van der Waals surface area contributed by atoms with E-state index < -0.39 is 0 Å². The molecule has 16 heavy (non-hydrogen) atoms. The van der Waals surface area contributed by atoms with Gasteiger partial charge in [0.15, 0.2) is 0 Å². The smallest absolute Gasteiger partial charge is 0.0522 e. The van der Waals surface area contributed by atoms with Gasteiger partial charge >= 0.3 is 0 Å². The van der Waals surface area contributed by atoms with Crippen molar-refractivity contribution in [2.75, 3.05) is 5.75 Å². The monoisotopic (exact) mass is 239 g/mol. The molecule has 90 valence electrons. The summed E-state index contributed by atoms with van der Waals surface area (Å²) in [6.45, 7) is 0. The maximum absolute atomic E-state index is 6.14. The van der Waals surface area contributed by atoms with E-state index in [0.717, 1.165) is 17.4 Å². The van der Waals surface area contributed by atoms with Gasteiger partial charge in [-0.05, 0) is 24.8 Å². The van der Waals surface area contributed by atoms with Crippen molar-refractivity contribution in [3.8, 4) is 0 Å². The average molecular weight is 239 g/mol. The Morgan fingerprint density at radius 3 is 2.94 bits per heavy atom. The zero-order valence-electron chi connectivity index (χ0n) is 9.93. The summed E-state index contributed by atoms with van der Waals surface area (Å²) in [4.78, 5) is 0. The fourth-order valence-corrected chi connectivity index (χ4v) is 3.56. The summed E-state index contributed by atoms with van der Waals surface area (Å²) in [5, 5.41) is 5.04. The van der Waals surface area contributed by atoms with Crippen molar-refractivity contribution < 1.29 is 0 Å². The first-order valence-electron chi connectivity index (χ1n) is 6.09. The van der Waals surface area contributed by atoms with Gasteiger partial charge in [-0.15, -0.1) is 0 Å². The topological polar surface area (TPSA) is 43.8 Å². The number of nitrogens with two attached hydrogens (primary N) is 1. The Morgan fingerprint density at radius 2 is 2.31 bits per heavy atom. The Hall–Kier alpha value is -0.480. The van der Waals surface area contributed by atoms with Gasteiger partial charge in [0, 0.05) is 30.3 Å². The normalized spacial score (nSPS) is 19.1. The van der Waals surface area contributed by atoms with Crippen molar-refractivity contribution in [3.05, 3.63) is 18.0 Å². The molecule has 1 aliphatic rings. The highest BCUT2D eigenvalue weighted by Gasteiger charge is 2.16. The number of thioether (sulfide) groups is 1. The van der Waals surface area contributed by atoms with Crippen LogP contribution in [0.15, 0.2) is 12.4 Å². The van der Waals surface area contributed by atoms with E-state index in [0.29, 0.717) is 0 Å². The summed E-state index contributed by atoms with van der Waals surface area (Å²) in [5.41, 5.74) is 7.39. The lowest BCUT2D eigenvalue weighted by Gasteiger charge is -2.13. The SMILES string of the molecule is Cn1cc(CC(N)CSC2CCCC2)cn1. The minimum atomic E-state index is 0.273. The first-order chi connectivity index (χ1) is 7.74.